The molecule has 0 bridgehead atoms. The molecule has 4 heteroatoms. The van der Waals surface area contributed by atoms with Gasteiger partial charge in [-0.15, -0.1) is 0 Å². The summed E-state index contributed by atoms with van der Waals surface area (Å²) in [7, 11) is 0. The molecular formula is C15H14N4. The van der Waals surface area contributed by atoms with Gasteiger partial charge < -0.3 is 5.73 Å². The molecule has 4 nitrogen and oxygen atoms in total. The Bertz CT molecular complexity index is 741. The third kappa shape index (κ3) is 1.68. The Morgan fingerprint density at radius 3 is 2.68 bits per heavy atom. The number of imidazole rings is 1. The lowest BCUT2D eigenvalue weighted by atomic mass is 10.3. The molecule has 0 radical (unpaired) electrons. The van der Waals surface area contributed by atoms with Crippen LogP contribution in [-0.4, -0.2) is 14.5 Å². The van der Waals surface area contributed by atoms with E-state index in [0.29, 0.717) is 11.6 Å². The van der Waals surface area contributed by atoms with Crippen LogP contribution in [0.4, 0.5) is 5.69 Å². The zero-order valence-electron chi connectivity index (χ0n) is 10.5. The van der Waals surface area contributed by atoms with Crippen LogP contribution >= 0.6 is 0 Å². The summed E-state index contributed by atoms with van der Waals surface area (Å²) in [4.78, 5) is 9.20. The number of rotatable bonds is 2. The van der Waals surface area contributed by atoms with Crippen LogP contribution in [-0.2, 0) is 0 Å². The van der Waals surface area contributed by atoms with Crippen LogP contribution in [0.5, 0.6) is 0 Å². The number of aromatic nitrogens is 3. The molecule has 2 aromatic heterocycles. The number of para-hydroxylation sites is 1. The number of anilines is 1. The molecule has 19 heavy (non-hydrogen) atoms. The molecule has 2 heterocycles. The van der Waals surface area contributed by atoms with Gasteiger partial charge in [-0.05, 0) is 31.0 Å². The van der Waals surface area contributed by atoms with Crippen LogP contribution in [0.15, 0.2) is 42.6 Å². The van der Waals surface area contributed by atoms with Crippen molar-refractivity contribution >= 4 is 16.9 Å². The second kappa shape index (κ2) is 3.82. The molecule has 1 aromatic carbocycles. The molecule has 3 aromatic rings. The van der Waals surface area contributed by atoms with Crippen molar-refractivity contribution in [1.82, 2.24) is 14.5 Å². The highest BCUT2D eigenvalue weighted by Crippen LogP contribution is 2.41. The van der Waals surface area contributed by atoms with Crippen LogP contribution in [0, 0.1) is 0 Å². The first kappa shape index (κ1) is 10.6. The Morgan fingerprint density at radius 1 is 1.16 bits per heavy atom. The summed E-state index contributed by atoms with van der Waals surface area (Å²) in [6.07, 6.45) is 4.12. The third-order valence-corrected chi connectivity index (χ3v) is 3.50. The number of hydrogen-bond donors (Lipinski definition) is 1. The lowest BCUT2D eigenvalue weighted by Crippen LogP contribution is -2.00. The fraction of sp³-hybridized carbons (Fsp3) is 0.200. The summed E-state index contributed by atoms with van der Waals surface area (Å²) in [6, 6.07) is 12.2. The molecule has 4 rings (SSSR count). The van der Waals surface area contributed by atoms with Crippen molar-refractivity contribution in [2.45, 2.75) is 18.8 Å². The van der Waals surface area contributed by atoms with Gasteiger partial charge in [0.2, 0.25) is 0 Å². The Hall–Kier alpha value is -2.36. The van der Waals surface area contributed by atoms with Gasteiger partial charge in [0, 0.05) is 11.6 Å². The lowest BCUT2D eigenvalue weighted by Gasteiger charge is -2.07. The second-order valence-corrected chi connectivity index (χ2v) is 5.03. The van der Waals surface area contributed by atoms with Crippen molar-refractivity contribution in [2.75, 3.05) is 5.73 Å². The van der Waals surface area contributed by atoms with E-state index in [2.05, 4.69) is 21.7 Å². The number of hydrogen-bond acceptors (Lipinski definition) is 3. The highest BCUT2D eigenvalue weighted by Gasteiger charge is 2.30. The Kier molecular flexibility index (Phi) is 2.12. The number of nitrogens with zero attached hydrogens (tertiary/aromatic N) is 3. The minimum absolute atomic E-state index is 0.565. The van der Waals surface area contributed by atoms with Crippen molar-refractivity contribution in [2.24, 2.45) is 0 Å². The number of nitrogen functional groups attached to an aromatic ring is 1. The van der Waals surface area contributed by atoms with Gasteiger partial charge in [-0.25, -0.2) is 9.97 Å². The average molecular weight is 250 g/mol. The van der Waals surface area contributed by atoms with Gasteiger partial charge in [0.15, 0.2) is 5.65 Å². The van der Waals surface area contributed by atoms with Crippen molar-refractivity contribution in [3.05, 3.63) is 48.4 Å². The molecule has 2 N–H and O–H groups in total. The zero-order valence-corrected chi connectivity index (χ0v) is 10.5. The molecule has 0 atom stereocenters. The van der Waals surface area contributed by atoms with Gasteiger partial charge in [0.1, 0.15) is 11.3 Å². The summed E-state index contributed by atoms with van der Waals surface area (Å²) in [5.41, 5.74) is 9.35. The maximum Gasteiger partial charge on any atom is 0.164 e. The number of benzene rings is 1. The Labute approximate surface area is 110 Å². The normalized spacial score (nSPS) is 14.9. The summed E-state index contributed by atoms with van der Waals surface area (Å²) < 4.78 is 2.16. The lowest BCUT2D eigenvalue weighted by molar-refractivity contribution is 0.890. The topological polar surface area (TPSA) is 56.7 Å². The van der Waals surface area contributed by atoms with E-state index in [0.717, 1.165) is 22.7 Å². The largest absolute Gasteiger partial charge is 0.397 e. The van der Waals surface area contributed by atoms with Gasteiger partial charge >= 0.3 is 0 Å². The molecule has 0 spiro atoms. The molecule has 0 amide bonds. The molecule has 1 fully saturated rings. The van der Waals surface area contributed by atoms with E-state index in [9.17, 15) is 0 Å². The average Bonchev–Trinajstić information content (AvgIpc) is 3.21. The van der Waals surface area contributed by atoms with Crippen molar-refractivity contribution in [1.29, 1.82) is 0 Å². The molecule has 1 saturated carbocycles. The standard InChI is InChI=1S/C15H14N4/c16-11-8-13-15(17-9-11)19(12-4-2-1-3-5-12)14(18-13)10-6-7-10/h1-5,8-10H,6-7,16H2. The van der Waals surface area contributed by atoms with E-state index in [1.165, 1.54) is 12.8 Å². The van der Waals surface area contributed by atoms with E-state index in [4.69, 9.17) is 10.7 Å². The molecule has 1 aliphatic rings. The Balaban J connectivity index is 2.03. The van der Waals surface area contributed by atoms with Crippen LogP contribution in [0.1, 0.15) is 24.6 Å². The zero-order chi connectivity index (χ0) is 12.8. The first-order valence-electron chi connectivity index (χ1n) is 6.52. The molecule has 0 aliphatic heterocycles. The highest BCUT2D eigenvalue weighted by molar-refractivity contribution is 5.77. The van der Waals surface area contributed by atoms with Crippen LogP contribution in [0.25, 0.3) is 16.9 Å². The maximum atomic E-state index is 5.80. The van der Waals surface area contributed by atoms with Crippen LogP contribution in [0.2, 0.25) is 0 Å². The van der Waals surface area contributed by atoms with E-state index in [-0.39, 0.29) is 0 Å². The van der Waals surface area contributed by atoms with Gasteiger partial charge in [-0.3, -0.25) is 4.57 Å². The quantitative estimate of drug-likeness (QED) is 0.760. The van der Waals surface area contributed by atoms with Crippen molar-refractivity contribution in [3.8, 4) is 5.69 Å². The molecular weight excluding hydrogens is 236 g/mol. The molecule has 0 unspecified atom stereocenters. The summed E-state index contributed by atoms with van der Waals surface area (Å²) in [6.45, 7) is 0. The second-order valence-electron chi connectivity index (χ2n) is 5.03. The summed E-state index contributed by atoms with van der Waals surface area (Å²) >= 11 is 0. The molecule has 1 aliphatic carbocycles. The fourth-order valence-corrected chi connectivity index (χ4v) is 2.44. The maximum absolute atomic E-state index is 5.80. The van der Waals surface area contributed by atoms with E-state index >= 15 is 0 Å². The number of pyridine rings is 1. The van der Waals surface area contributed by atoms with Gasteiger partial charge in [0.25, 0.3) is 0 Å². The van der Waals surface area contributed by atoms with Crippen molar-refractivity contribution < 1.29 is 0 Å². The number of fused-ring (bicyclic) bond motifs is 1. The first-order valence-corrected chi connectivity index (χ1v) is 6.52. The number of nitrogens with two attached hydrogens (primary N) is 1. The fourth-order valence-electron chi connectivity index (χ4n) is 2.44. The highest BCUT2D eigenvalue weighted by atomic mass is 15.1. The predicted octanol–water partition coefficient (Wildman–Crippen LogP) is 2.88. The monoisotopic (exact) mass is 250 g/mol. The minimum Gasteiger partial charge on any atom is -0.397 e. The molecule has 0 saturated heterocycles. The smallest absolute Gasteiger partial charge is 0.164 e. The minimum atomic E-state index is 0.565. The van der Waals surface area contributed by atoms with Gasteiger partial charge in [-0.2, -0.15) is 0 Å². The van der Waals surface area contributed by atoms with Crippen molar-refractivity contribution in [3.63, 3.8) is 0 Å². The van der Waals surface area contributed by atoms with E-state index < -0.39 is 0 Å². The predicted molar refractivity (Wildman–Crippen MR) is 75.3 cm³/mol. The van der Waals surface area contributed by atoms with Gasteiger partial charge in [0.05, 0.1) is 11.9 Å². The third-order valence-electron chi connectivity index (χ3n) is 3.50. The summed E-state index contributed by atoms with van der Waals surface area (Å²) in [5, 5.41) is 0. The summed E-state index contributed by atoms with van der Waals surface area (Å²) in [5.74, 6) is 1.68. The van der Waals surface area contributed by atoms with Crippen LogP contribution in [0.3, 0.4) is 0 Å². The molecule has 94 valence electrons. The van der Waals surface area contributed by atoms with E-state index in [1.54, 1.807) is 6.20 Å². The Morgan fingerprint density at radius 2 is 1.95 bits per heavy atom. The SMILES string of the molecule is Nc1cnc2c(c1)nc(C1CC1)n2-c1ccccc1. The van der Waals surface area contributed by atoms with E-state index in [1.807, 2.05) is 24.3 Å². The first-order chi connectivity index (χ1) is 9.33. The van der Waals surface area contributed by atoms with Gasteiger partial charge in [-0.1, -0.05) is 18.2 Å². The van der Waals surface area contributed by atoms with Crippen LogP contribution < -0.4 is 5.73 Å².